The van der Waals surface area contributed by atoms with Gasteiger partial charge in [0.05, 0.1) is 25.9 Å². The quantitative estimate of drug-likeness (QED) is 0.597. The van der Waals surface area contributed by atoms with Gasteiger partial charge in [-0.1, -0.05) is 12.1 Å². The predicted octanol–water partition coefficient (Wildman–Crippen LogP) is 0.713. The fourth-order valence-corrected chi connectivity index (χ4v) is 4.52. The third-order valence-corrected chi connectivity index (χ3v) is 6.22. The Morgan fingerprint density at radius 3 is 2.58 bits per heavy atom. The number of anilines is 2. The molecule has 1 aromatic carbocycles. The number of para-hydroxylation sites is 1. The largest absolute Gasteiger partial charge is 0.493 e. The van der Waals surface area contributed by atoms with Gasteiger partial charge in [-0.15, -0.1) is 0 Å². The van der Waals surface area contributed by atoms with Crippen molar-refractivity contribution in [2.45, 2.75) is 18.8 Å². The van der Waals surface area contributed by atoms with Gasteiger partial charge in [0.15, 0.2) is 11.5 Å². The van der Waals surface area contributed by atoms with Crippen LogP contribution in [-0.2, 0) is 9.59 Å². The minimum absolute atomic E-state index is 0.0946. The highest BCUT2D eigenvalue weighted by Crippen LogP contribution is 2.44. The van der Waals surface area contributed by atoms with E-state index in [9.17, 15) is 19.6 Å². The number of carbonyl (C=O) groups excluding carboxylic acids is 2. The molecular weight excluding hydrogens is 428 g/mol. The van der Waals surface area contributed by atoms with Crippen LogP contribution in [0.4, 0.5) is 11.8 Å². The van der Waals surface area contributed by atoms with E-state index in [1.807, 2.05) is 11.0 Å². The lowest BCUT2D eigenvalue weighted by molar-refractivity contribution is -0.122. The first-order valence-electron chi connectivity index (χ1n) is 10.5. The van der Waals surface area contributed by atoms with Gasteiger partial charge in [0.25, 0.3) is 5.56 Å². The fraction of sp³-hybridized carbons (Fsp3) is 0.409. The average Bonchev–Trinajstić information content (AvgIpc) is 2.82. The summed E-state index contributed by atoms with van der Waals surface area (Å²) in [6, 6.07) is 7.10. The Morgan fingerprint density at radius 2 is 1.97 bits per heavy atom. The van der Waals surface area contributed by atoms with E-state index >= 15 is 0 Å². The van der Waals surface area contributed by atoms with Gasteiger partial charge in [-0.25, -0.2) is 0 Å². The molecular formula is C22H24N6O5. The number of methoxy groups -OCH3 is 2. The van der Waals surface area contributed by atoms with Crippen LogP contribution in [0.5, 0.6) is 11.5 Å². The zero-order valence-electron chi connectivity index (χ0n) is 18.3. The number of hydrogen-bond donors (Lipinski definition) is 3. The van der Waals surface area contributed by atoms with Gasteiger partial charge in [0.1, 0.15) is 11.7 Å². The molecule has 0 radical (unpaired) electrons. The molecule has 2 unspecified atom stereocenters. The van der Waals surface area contributed by atoms with Crippen LogP contribution in [0.25, 0.3) is 0 Å². The highest BCUT2D eigenvalue weighted by atomic mass is 16.5. The number of nitrogens with one attached hydrogen (secondary N) is 2. The van der Waals surface area contributed by atoms with E-state index in [2.05, 4.69) is 15.3 Å². The Labute approximate surface area is 189 Å². The minimum atomic E-state index is -1.17. The summed E-state index contributed by atoms with van der Waals surface area (Å²) in [7, 11) is 2.93. The normalized spacial score (nSPS) is 20.4. The van der Waals surface area contributed by atoms with Crippen LogP contribution in [0.1, 0.15) is 29.9 Å². The molecule has 0 spiro atoms. The second-order valence-corrected chi connectivity index (χ2v) is 7.97. The van der Waals surface area contributed by atoms with E-state index < -0.39 is 23.3 Å². The Morgan fingerprint density at radius 1 is 1.24 bits per heavy atom. The summed E-state index contributed by atoms with van der Waals surface area (Å²) in [6.45, 7) is 0.967. The molecule has 2 atom stereocenters. The summed E-state index contributed by atoms with van der Waals surface area (Å²) in [4.78, 5) is 46.7. The summed E-state index contributed by atoms with van der Waals surface area (Å²) in [5.74, 6) is -2.06. The van der Waals surface area contributed by atoms with Crippen LogP contribution in [0, 0.1) is 23.2 Å². The van der Waals surface area contributed by atoms with Crippen LogP contribution in [0.3, 0.4) is 0 Å². The molecule has 11 heteroatoms. The van der Waals surface area contributed by atoms with E-state index in [4.69, 9.17) is 15.2 Å². The topological polar surface area (TPSA) is 163 Å². The average molecular weight is 452 g/mol. The number of nitrogens with two attached hydrogens (primary N) is 1. The summed E-state index contributed by atoms with van der Waals surface area (Å²) < 4.78 is 10.9. The zero-order chi connectivity index (χ0) is 23.7. The van der Waals surface area contributed by atoms with Crippen molar-refractivity contribution >= 4 is 23.6 Å². The number of aromatic amines is 1. The molecule has 4 rings (SSSR count). The van der Waals surface area contributed by atoms with Crippen molar-refractivity contribution in [1.82, 2.24) is 9.97 Å². The molecule has 1 saturated heterocycles. The second kappa shape index (κ2) is 8.82. The highest BCUT2D eigenvalue weighted by molar-refractivity contribution is 5.98. The number of amides is 2. The number of fused-ring (bicyclic) bond motifs is 1. The number of aromatic nitrogens is 2. The van der Waals surface area contributed by atoms with Gasteiger partial charge in [-0.05, 0) is 18.9 Å². The third-order valence-electron chi connectivity index (χ3n) is 6.22. The van der Waals surface area contributed by atoms with E-state index in [0.29, 0.717) is 43.0 Å². The number of primary amides is 1. The second-order valence-electron chi connectivity index (χ2n) is 7.97. The molecule has 2 aromatic rings. The number of rotatable bonds is 5. The number of benzene rings is 1. The van der Waals surface area contributed by atoms with Crippen LogP contribution in [-0.4, -0.2) is 49.1 Å². The summed E-state index contributed by atoms with van der Waals surface area (Å²) in [5.41, 5.74) is 5.57. The molecule has 33 heavy (non-hydrogen) atoms. The Kier molecular flexibility index (Phi) is 5.91. The first-order chi connectivity index (χ1) is 15.9. The summed E-state index contributed by atoms with van der Waals surface area (Å²) >= 11 is 0. The molecule has 0 aliphatic carbocycles. The molecule has 0 bridgehead atoms. The first-order valence-corrected chi connectivity index (χ1v) is 10.5. The molecule has 4 N–H and O–H groups in total. The number of H-pyrrole nitrogens is 1. The maximum Gasteiger partial charge on any atom is 0.258 e. The van der Waals surface area contributed by atoms with Crippen molar-refractivity contribution in [3.63, 3.8) is 0 Å². The Hall–Kier alpha value is -4.07. The van der Waals surface area contributed by atoms with E-state index in [0.717, 1.165) is 0 Å². The fourth-order valence-electron chi connectivity index (χ4n) is 4.52. The Bertz CT molecular complexity index is 1190. The van der Waals surface area contributed by atoms with Crippen LogP contribution < -0.4 is 31.0 Å². The molecule has 3 heterocycles. The highest BCUT2D eigenvalue weighted by Gasteiger charge is 2.42. The van der Waals surface area contributed by atoms with Crippen molar-refractivity contribution in [1.29, 1.82) is 5.26 Å². The SMILES string of the molecule is COc1cccc(C2c3c(nc(N4CCC(C(N)=O)CC4)[nH]c3=O)NC(=O)C2C#N)c1OC. The van der Waals surface area contributed by atoms with Gasteiger partial charge in [-0.3, -0.25) is 19.4 Å². The van der Waals surface area contributed by atoms with E-state index in [1.165, 1.54) is 14.2 Å². The van der Waals surface area contributed by atoms with E-state index in [-0.39, 0.29) is 29.2 Å². The lowest BCUT2D eigenvalue weighted by Gasteiger charge is -2.33. The number of nitriles is 1. The third kappa shape index (κ3) is 3.84. The smallest absolute Gasteiger partial charge is 0.258 e. The molecule has 1 aromatic heterocycles. The van der Waals surface area contributed by atoms with Crippen molar-refractivity contribution in [3.8, 4) is 17.6 Å². The zero-order valence-corrected chi connectivity index (χ0v) is 18.3. The lowest BCUT2D eigenvalue weighted by Crippen LogP contribution is -2.42. The maximum absolute atomic E-state index is 13.3. The predicted molar refractivity (Wildman–Crippen MR) is 118 cm³/mol. The van der Waals surface area contributed by atoms with Crippen LogP contribution >= 0.6 is 0 Å². The van der Waals surface area contributed by atoms with Crippen LogP contribution in [0.2, 0.25) is 0 Å². The molecule has 2 amide bonds. The van der Waals surface area contributed by atoms with Crippen molar-refractivity contribution in [3.05, 3.63) is 39.7 Å². The van der Waals surface area contributed by atoms with Crippen molar-refractivity contribution in [2.75, 3.05) is 37.5 Å². The van der Waals surface area contributed by atoms with Crippen molar-refractivity contribution in [2.24, 2.45) is 17.6 Å². The van der Waals surface area contributed by atoms with E-state index in [1.54, 1.807) is 18.2 Å². The molecule has 0 saturated carbocycles. The Balaban J connectivity index is 1.80. The van der Waals surface area contributed by atoms with Crippen LogP contribution in [0.15, 0.2) is 23.0 Å². The monoisotopic (exact) mass is 452 g/mol. The molecule has 2 aliphatic rings. The van der Waals surface area contributed by atoms with Gasteiger partial charge in [0.2, 0.25) is 17.8 Å². The summed E-state index contributed by atoms with van der Waals surface area (Å²) in [6.07, 6.45) is 1.09. The van der Waals surface area contributed by atoms with Gasteiger partial charge in [0, 0.05) is 30.5 Å². The molecule has 11 nitrogen and oxygen atoms in total. The summed E-state index contributed by atoms with van der Waals surface area (Å²) in [5, 5.41) is 12.4. The number of ether oxygens (including phenoxy) is 2. The van der Waals surface area contributed by atoms with Crippen molar-refractivity contribution < 1.29 is 19.1 Å². The number of nitrogens with zero attached hydrogens (tertiary/aromatic N) is 3. The standard InChI is InChI=1S/C22H24N6O5/c1-32-14-5-3-4-12(17(14)33-2)15-13(10-23)20(30)25-19-16(15)21(31)27-22(26-19)28-8-6-11(7-9-28)18(24)29/h3-5,11,13,15H,6-9H2,1-2H3,(H2,24,29)(H2,25,26,27,30,31). The lowest BCUT2D eigenvalue weighted by atomic mass is 9.78. The maximum atomic E-state index is 13.3. The number of piperidine rings is 1. The molecule has 172 valence electrons. The van der Waals surface area contributed by atoms with Gasteiger partial charge in [-0.2, -0.15) is 10.2 Å². The minimum Gasteiger partial charge on any atom is -0.493 e. The van der Waals surface area contributed by atoms with Gasteiger partial charge >= 0.3 is 0 Å². The first kappa shape index (κ1) is 22.1. The number of hydrogen-bond acceptors (Lipinski definition) is 8. The molecule has 1 fully saturated rings. The number of carbonyl (C=O) groups is 2. The molecule has 2 aliphatic heterocycles. The van der Waals surface area contributed by atoms with Gasteiger partial charge < -0.3 is 25.4 Å².